The first kappa shape index (κ1) is 11.1. The Morgan fingerprint density at radius 2 is 2.20 bits per heavy atom. The van der Waals surface area contributed by atoms with Gasteiger partial charge in [0.05, 0.1) is 6.61 Å². The summed E-state index contributed by atoms with van der Waals surface area (Å²) in [6.45, 7) is 7.08. The van der Waals surface area contributed by atoms with Crippen LogP contribution in [0.15, 0.2) is 0 Å². The fourth-order valence-electron chi connectivity index (χ4n) is 2.89. The highest BCUT2D eigenvalue weighted by Gasteiger charge is 2.52. The first-order valence-electron chi connectivity index (χ1n) is 5.94. The van der Waals surface area contributed by atoms with Crippen molar-refractivity contribution < 1.29 is 9.53 Å². The second-order valence-corrected chi connectivity index (χ2v) is 5.21. The quantitative estimate of drug-likeness (QED) is 0.689. The molecule has 0 bridgehead atoms. The molecule has 86 valence electrons. The Morgan fingerprint density at radius 1 is 1.47 bits per heavy atom. The van der Waals surface area contributed by atoms with Crippen LogP contribution in [-0.2, 0) is 9.53 Å². The highest BCUT2D eigenvalue weighted by Crippen LogP contribution is 2.48. The Kier molecular flexibility index (Phi) is 3.12. The SMILES string of the molecule is CC(=O)COC[C@@H]1C[C@@H]2C[C@@H]2N1C(C)C. The molecule has 3 heteroatoms. The Morgan fingerprint density at radius 3 is 2.80 bits per heavy atom. The van der Waals surface area contributed by atoms with Crippen LogP contribution in [0, 0.1) is 5.92 Å². The third kappa shape index (κ3) is 2.40. The molecule has 1 saturated carbocycles. The van der Waals surface area contributed by atoms with E-state index in [9.17, 15) is 4.79 Å². The number of piperidine rings is 1. The van der Waals surface area contributed by atoms with Crippen molar-refractivity contribution in [3.05, 3.63) is 0 Å². The molecule has 1 aliphatic carbocycles. The summed E-state index contributed by atoms with van der Waals surface area (Å²) in [4.78, 5) is 13.3. The Balaban J connectivity index is 1.79. The van der Waals surface area contributed by atoms with Gasteiger partial charge in [0.25, 0.3) is 0 Å². The summed E-state index contributed by atoms with van der Waals surface area (Å²) in [5.41, 5.74) is 0. The molecular weight excluding hydrogens is 190 g/mol. The van der Waals surface area contributed by atoms with Crippen molar-refractivity contribution in [3.63, 3.8) is 0 Å². The van der Waals surface area contributed by atoms with Crippen molar-refractivity contribution in [2.45, 2.75) is 51.7 Å². The van der Waals surface area contributed by atoms with Crippen LogP contribution in [0.4, 0.5) is 0 Å². The predicted molar refractivity (Wildman–Crippen MR) is 58.8 cm³/mol. The second kappa shape index (κ2) is 4.22. The Bertz CT molecular complexity index is 252. The van der Waals surface area contributed by atoms with Gasteiger partial charge in [-0.3, -0.25) is 9.69 Å². The van der Waals surface area contributed by atoms with Crippen LogP contribution in [0.25, 0.3) is 0 Å². The van der Waals surface area contributed by atoms with Crippen molar-refractivity contribution >= 4 is 5.78 Å². The number of ketones is 1. The van der Waals surface area contributed by atoms with Crippen LogP contribution in [0.5, 0.6) is 0 Å². The average molecular weight is 211 g/mol. The maximum Gasteiger partial charge on any atom is 0.155 e. The molecule has 3 nitrogen and oxygen atoms in total. The number of hydrogen-bond acceptors (Lipinski definition) is 3. The van der Waals surface area contributed by atoms with Gasteiger partial charge in [-0.05, 0) is 39.5 Å². The van der Waals surface area contributed by atoms with Crippen LogP contribution < -0.4 is 0 Å². The van der Waals surface area contributed by atoms with Crippen LogP contribution in [0.2, 0.25) is 0 Å². The minimum Gasteiger partial charge on any atom is -0.372 e. The number of ether oxygens (including phenoxy) is 1. The standard InChI is InChI=1S/C12H21NO2/c1-8(2)13-11(4-10-5-12(10)13)7-15-6-9(3)14/h8,10-12H,4-7H2,1-3H3/t10-,11+,12+/m1/s1. The lowest BCUT2D eigenvalue weighted by molar-refractivity contribution is -0.122. The monoisotopic (exact) mass is 211 g/mol. The van der Waals surface area contributed by atoms with E-state index in [0.29, 0.717) is 12.1 Å². The van der Waals surface area contributed by atoms with E-state index in [1.54, 1.807) is 6.92 Å². The number of rotatable bonds is 5. The zero-order chi connectivity index (χ0) is 11.0. The molecule has 1 saturated heterocycles. The van der Waals surface area contributed by atoms with Gasteiger partial charge in [-0.1, -0.05) is 0 Å². The summed E-state index contributed by atoms with van der Waals surface area (Å²) in [5.74, 6) is 1.03. The van der Waals surface area contributed by atoms with Crippen molar-refractivity contribution in [1.29, 1.82) is 0 Å². The lowest BCUT2D eigenvalue weighted by Crippen LogP contribution is -2.41. The number of carbonyl (C=O) groups is 1. The van der Waals surface area contributed by atoms with E-state index in [0.717, 1.165) is 18.6 Å². The molecule has 0 aromatic carbocycles. The van der Waals surface area contributed by atoms with E-state index in [1.165, 1.54) is 12.8 Å². The number of hydrogen-bond donors (Lipinski definition) is 0. The van der Waals surface area contributed by atoms with E-state index in [-0.39, 0.29) is 12.4 Å². The molecule has 2 rings (SSSR count). The Labute approximate surface area is 91.8 Å². The lowest BCUT2D eigenvalue weighted by Gasteiger charge is -2.30. The third-order valence-electron chi connectivity index (χ3n) is 3.48. The van der Waals surface area contributed by atoms with E-state index >= 15 is 0 Å². The predicted octanol–water partition coefficient (Wildman–Crippen LogP) is 1.46. The van der Waals surface area contributed by atoms with Crippen molar-refractivity contribution in [2.75, 3.05) is 13.2 Å². The fraction of sp³-hybridized carbons (Fsp3) is 0.917. The highest BCUT2D eigenvalue weighted by molar-refractivity contribution is 5.76. The number of carbonyl (C=O) groups excluding carboxylic acids is 1. The molecular formula is C12H21NO2. The summed E-state index contributed by atoms with van der Waals surface area (Å²) >= 11 is 0. The molecule has 1 heterocycles. The third-order valence-corrected chi connectivity index (χ3v) is 3.48. The Hall–Kier alpha value is -0.410. The van der Waals surface area contributed by atoms with Gasteiger partial charge in [-0.15, -0.1) is 0 Å². The summed E-state index contributed by atoms with van der Waals surface area (Å²) in [6, 6.07) is 1.97. The minimum atomic E-state index is 0.120. The largest absolute Gasteiger partial charge is 0.372 e. The van der Waals surface area contributed by atoms with Crippen molar-refractivity contribution in [1.82, 2.24) is 4.90 Å². The summed E-state index contributed by atoms with van der Waals surface area (Å²) < 4.78 is 5.44. The van der Waals surface area contributed by atoms with Gasteiger partial charge in [0.2, 0.25) is 0 Å². The maximum atomic E-state index is 10.8. The zero-order valence-electron chi connectivity index (χ0n) is 9.90. The molecule has 0 N–H and O–H groups in total. The van der Waals surface area contributed by atoms with Gasteiger partial charge < -0.3 is 4.74 Å². The summed E-state index contributed by atoms with van der Waals surface area (Å²) in [6.07, 6.45) is 2.64. The highest BCUT2D eigenvalue weighted by atomic mass is 16.5. The van der Waals surface area contributed by atoms with Gasteiger partial charge in [0.1, 0.15) is 6.61 Å². The van der Waals surface area contributed by atoms with Gasteiger partial charge in [-0.25, -0.2) is 0 Å². The van der Waals surface area contributed by atoms with E-state index in [4.69, 9.17) is 4.74 Å². The molecule has 2 fully saturated rings. The second-order valence-electron chi connectivity index (χ2n) is 5.21. The van der Waals surface area contributed by atoms with E-state index in [2.05, 4.69) is 18.7 Å². The first-order chi connectivity index (χ1) is 7.09. The molecule has 0 unspecified atom stereocenters. The molecule has 0 aromatic heterocycles. The molecule has 0 amide bonds. The molecule has 1 aliphatic heterocycles. The summed E-state index contributed by atoms with van der Waals surface area (Å²) in [5, 5.41) is 0. The molecule has 0 radical (unpaired) electrons. The molecule has 3 atom stereocenters. The molecule has 0 spiro atoms. The zero-order valence-corrected chi connectivity index (χ0v) is 9.90. The smallest absolute Gasteiger partial charge is 0.155 e. The molecule has 2 aliphatic rings. The topological polar surface area (TPSA) is 29.5 Å². The lowest BCUT2D eigenvalue weighted by atomic mass is 10.1. The maximum absolute atomic E-state index is 10.8. The fourth-order valence-corrected chi connectivity index (χ4v) is 2.89. The minimum absolute atomic E-state index is 0.120. The average Bonchev–Trinajstić information content (AvgIpc) is 2.76. The van der Waals surface area contributed by atoms with E-state index < -0.39 is 0 Å². The van der Waals surface area contributed by atoms with Gasteiger partial charge >= 0.3 is 0 Å². The van der Waals surface area contributed by atoms with Crippen LogP contribution >= 0.6 is 0 Å². The van der Waals surface area contributed by atoms with Gasteiger partial charge in [-0.2, -0.15) is 0 Å². The van der Waals surface area contributed by atoms with Crippen molar-refractivity contribution in [3.8, 4) is 0 Å². The van der Waals surface area contributed by atoms with Gasteiger partial charge in [0, 0.05) is 18.1 Å². The van der Waals surface area contributed by atoms with Gasteiger partial charge in [0.15, 0.2) is 5.78 Å². The van der Waals surface area contributed by atoms with Crippen molar-refractivity contribution in [2.24, 2.45) is 5.92 Å². The summed E-state index contributed by atoms with van der Waals surface area (Å²) in [7, 11) is 0. The number of fused-ring (bicyclic) bond motifs is 1. The van der Waals surface area contributed by atoms with Crippen LogP contribution in [-0.4, -0.2) is 42.0 Å². The molecule has 15 heavy (non-hydrogen) atoms. The molecule has 0 aromatic rings. The van der Waals surface area contributed by atoms with Crippen LogP contribution in [0.1, 0.15) is 33.6 Å². The number of nitrogens with zero attached hydrogens (tertiary/aromatic N) is 1. The van der Waals surface area contributed by atoms with Crippen LogP contribution in [0.3, 0.4) is 0 Å². The van der Waals surface area contributed by atoms with E-state index in [1.807, 2.05) is 0 Å². The first-order valence-corrected chi connectivity index (χ1v) is 5.94. The normalized spacial score (nSPS) is 34.5. The number of likely N-dealkylation sites (tertiary alicyclic amines) is 1. The number of Topliss-reactive ketones (excluding diaryl/α,β-unsaturated/α-hetero) is 1.